The molecular weight excluding hydrogens is 296 g/mol. The summed E-state index contributed by atoms with van der Waals surface area (Å²) in [7, 11) is 0. The number of nitrogens with zero attached hydrogens (tertiary/aromatic N) is 1. The van der Waals surface area contributed by atoms with Crippen LogP contribution in [-0.2, 0) is 6.54 Å². The van der Waals surface area contributed by atoms with E-state index in [1.165, 1.54) is 0 Å². The predicted octanol–water partition coefficient (Wildman–Crippen LogP) is 2.22. The van der Waals surface area contributed by atoms with Crippen molar-refractivity contribution >= 4 is 22.6 Å². The van der Waals surface area contributed by atoms with Crippen LogP contribution in [0.4, 0.5) is 13.2 Å². The number of hydrogen-bond donors (Lipinski definition) is 1. The minimum absolute atomic E-state index is 0.114. The Morgan fingerprint density at radius 3 is 2.62 bits per heavy atom. The molecule has 0 aromatic carbocycles. The van der Waals surface area contributed by atoms with Crippen molar-refractivity contribution in [2.24, 2.45) is 5.73 Å². The molecule has 0 atom stereocenters. The molecule has 0 aliphatic heterocycles. The van der Waals surface area contributed by atoms with Crippen LogP contribution in [0.5, 0.6) is 0 Å². The molecule has 1 aromatic heterocycles. The molecule has 0 radical (unpaired) electrons. The van der Waals surface area contributed by atoms with Gasteiger partial charge in [-0.2, -0.15) is 0 Å². The summed E-state index contributed by atoms with van der Waals surface area (Å²) in [5.74, 6) is -0.618. The van der Waals surface area contributed by atoms with Crippen LogP contribution in [0, 0.1) is 9.39 Å². The first-order chi connectivity index (χ1) is 6.06. The molecule has 0 unspecified atom stereocenters. The molecule has 72 valence electrons. The average Bonchev–Trinajstić information content (AvgIpc) is 2.09. The summed E-state index contributed by atoms with van der Waals surface area (Å²) in [6.07, 6.45) is -2.69. The summed E-state index contributed by atoms with van der Waals surface area (Å²) < 4.78 is 37.5. The monoisotopic (exact) mass is 302 g/mol. The SMILES string of the molecule is NCc1nc(C(F)F)cc(I)c1F. The molecule has 0 fully saturated rings. The van der Waals surface area contributed by atoms with E-state index in [2.05, 4.69) is 4.98 Å². The molecule has 0 amide bonds. The molecule has 2 nitrogen and oxygen atoms in total. The van der Waals surface area contributed by atoms with Gasteiger partial charge < -0.3 is 5.73 Å². The van der Waals surface area contributed by atoms with E-state index in [1.54, 1.807) is 22.6 Å². The van der Waals surface area contributed by atoms with Crippen LogP contribution < -0.4 is 5.73 Å². The molecular formula is C7H6F3IN2. The van der Waals surface area contributed by atoms with E-state index in [-0.39, 0.29) is 15.8 Å². The first-order valence-electron chi connectivity index (χ1n) is 3.39. The lowest BCUT2D eigenvalue weighted by molar-refractivity contribution is 0.145. The normalized spacial score (nSPS) is 10.9. The van der Waals surface area contributed by atoms with Crippen LogP contribution in [0.1, 0.15) is 17.8 Å². The van der Waals surface area contributed by atoms with E-state index in [1.807, 2.05) is 0 Å². The van der Waals surface area contributed by atoms with E-state index < -0.39 is 17.9 Å². The van der Waals surface area contributed by atoms with Gasteiger partial charge in [0.15, 0.2) is 5.82 Å². The highest BCUT2D eigenvalue weighted by atomic mass is 127. The largest absolute Gasteiger partial charge is 0.325 e. The zero-order valence-electron chi connectivity index (χ0n) is 6.40. The Bertz CT molecular complexity index is 317. The van der Waals surface area contributed by atoms with E-state index in [0.29, 0.717) is 0 Å². The van der Waals surface area contributed by atoms with Crippen molar-refractivity contribution < 1.29 is 13.2 Å². The van der Waals surface area contributed by atoms with Crippen LogP contribution in [-0.4, -0.2) is 4.98 Å². The van der Waals surface area contributed by atoms with Crippen molar-refractivity contribution in [3.05, 3.63) is 26.8 Å². The molecule has 0 saturated carbocycles. The minimum atomic E-state index is -2.69. The van der Waals surface area contributed by atoms with Gasteiger partial charge in [0.25, 0.3) is 6.43 Å². The summed E-state index contributed by atoms with van der Waals surface area (Å²) in [6, 6.07) is 1.01. The van der Waals surface area contributed by atoms with Crippen molar-refractivity contribution in [3.8, 4) is 0 Å². The summed E-state index contributed by atoms with van der Waals surface area (Å²) in [4.78, 5) is 3.40. The zero-order chi connectivity index (χ0) is 10.0. The molecule has 0 bridgehead atoms. The van der Waals surface area contributed by atoms with Gasteiger partial charge in [-0.15, -0.1) is 0 Å². The fourth-order valence-electron chi connectivity index (χ4n) is 0.815. The van der Waals surface area contributed by atoms with Crippen LogP contribution in [0.25, 0.3) is 0 Å². The Labute approximate surface area is 86.5 Å². The third kappa shape index (κ3) is 2.31. The molecule has 2 N–H and O–H groups in total. The first-order valence-corrected chi connectivity index (χ1v) is 4.47. The van der Waals surface area contributed by atoms with Gasteiger partial charge in [-0.1, -0.05) is 0 Å². The highest BCUT2D eigenvalue weighted by Crippen LogP contribution is 2.21. The molecule has 1 rings (SSSR count). The molecule has 13 heavy (non-hydrogen) atoms. The minimum Gasteiger partial charge on any atom is -0.325 e. The smallest absolute Gasteiger partial charge is 0.280 e. The first kappa shape index (κ1) is 10.7. The second-order valence-corrected chi connectivity index (χ2v) is 3.46. The van der Waals surface area contributed by atoms with Gasteiger partial charge in [0.2, 0.25) is 0 Å². The van der Waals surface area contributed by atoms with Crippen LogP contribution in [0.3, 0.4) is 0 Å². The van der Waals surface area contributed by atoms with Crippen molar-refractivity contribution in [3.63, 3.8) is 0 Å². The van der Waals surface area contributed by atoms with Gasteiger partial charge in [0.05, 0.1) is 9.26 Å². The quantitative estimate of drug-likeness (QED) is 0.851. The summed E-state index contributed by atoms with van der Waals surface area (Å²) in [6.45, 7) is -0.178. The molecule has 1 heterocycles. The van der Waals surface area contributed by atoms with E-state index >= 15 is 0 Å². The number of aromatic nitrogens is 1. The maximum absolute atomic E-state index is 13.1. The fourth-order valence-corrected chi connectivity index (χ4v) is 1.45. The molecule has 0 spiro atoms. The van der Waals surface area contributed by atoms with Gasteiger partial charge in [-0.25, -0.2) is 18.2 Å². The zero-order valence-corrected chi connectivity index (χ0v) is 8.56. The Kier molecular flexibility index (Phi) is 3.48. The van der Waals surface area contributed by atoms with Gasteiger partial charge >= 0.3 is 0 Å². The average molecular weight is 302 g/mol. The van der Waals surface area contributed by atoms with Crippen LogP contribution in [0.2, 0.25) is 0 Å². The third-order valence-corrected chi connectivity index (χ3v) is 2.20. The van der Waals surface area contributed by atoms with Crippen molar-refractivity contribution in [1.29, 1.82) is 0 Å². The number of rotatable bonds is 2. The summed E-state index contributed by atoms with van der Waals surface area (Å²) in [5.41, 5.74) is 4.58. The Balaban J connectivity index is 3.22. The van der Waals surface area contributed by atoms with Crippen LogP contribution in [0.15, 0.2) is 6.07 Å². The fraction of sp³-hybridized carbons (Fsp3) is 0.286. The second kappa shape index (κ2) is 4.23. The lowest BCUT2D eigenvalue weighted by Crippen LogP contribution is -2.07. The lowest BCUT2D eigenvalue weighted by Gasteiger charge is -2.05. The van der Waals surface area contributed by atoms with Crippen molar-refractivity contribution in [2.75, 3.05) is 0 Å². The van der Waals surface area contributed by atoms with Gasteiger partial charge in [0.1, 0.15) is 5.69 Å². The predicted molar refractivity (Wildman–Crippen MR) is 49.8 cm³/mol. The number of alkyl halides is 2. The van der Waals surface area contributed by atoms with E-state index in [4.69, 9.17) is 5.73 Å². The topological polar surface area (TPSA) is 38.9 Å². The molecule has 0 saturated heterocycles. The van der Waals surface area contributed by atoms with Crippen molar-refractivity contribution in [1.82, 2.24) is 4.98 Å². The maximum atomic E-state index is 13.1. The molecule has 6 heteroatoms. The summed E-state index contributed by atoms with van der Waals surface area (Å²) in [5, 5.41) is 0. The van der Waals surface area contributed by atoms with E-state index in [0.717, 1.165) is 6.07 Å². The number of nitrogens with two attached hydrogens (primary N) is 1. The van der Waals surface area contributed by atoms with E-state index in [9.17, 15) is 13.2 Å². The Hall–Kier alpha value is -0.370. The van der Waals surface area contributed by atoms with Gasteiger partial charge in [-0.3, -0.25) is 0 Å². The Morgan fingerprint density at radius 1 is 1.54 bits per heavy atom. The number of halogens is 4. The van der Waals surface area contributed by atoms with Crippen LogP contribution >= 0.6 is 22.6 Å². The van der Waals surface area contributed by atoms with Gasteiger partial charge in [-0.05, 0) is 28.7 Å². The number of pyridine rings is 1. The molecule has 0 aliphatic carbocycles. The Morgan fingerprint density at radius 2 is 2.15 bits per heavy atom. The lowest BCUT2D eigenvalue weighted by atomic mass is 10.3. The molecule has 1 aromatic rings. The maximum Gasteiger partial charge on any atom is 0.280 e. The highest BCUT2D eigenvalue weighted by molar-refractivity contribution is 14.1. The third-order valence-electron chi connectivity index (χ3n) is 1.42. The highest BCUT2D eigenvalue weighted by Gasteiger charge is 2.15. The van der Waals surface area contributed by atoms with Gasteiger partial charge in [0, 0.05) is 6.54 Å². The molecule has 0 aliphatic rings. The number of hydrogen-bond acceptors (Lipinski definition) is 2. The second-order valence-electron chi connectivity index (χ2n) is 2.29. The summed E-state index contributed by atoms with van der Waals surface area (Å²) >= 11 is 1.63. The standard InChI is InChI=1S/C7H6F3IN2/c8-6-3(11)1-4(7(9)10)13-5(6)2-12/h1,7H,2,12H2. The van der Waals surface area contributed by atoms with Crippen molar-refractivity contribution in [2.45, 2.75) is 13.0 Å².